The fraction of sp³-hybridized carbons (Fsp3) is 0.467. The van der Waals surface area contributed by atoms with Crippen LogP contribution in [0, 0.1) is 0 Å². The molecule has 1 amide bonds. The molecule has 2 aromatic rings. The molecule has 0 unspecified atom stereocenters. The van der Waals surface area contributed by atoms with Crippen molar-refractivity contribution >= 4 is 11.7 Å². The van der Waals surface area contributed by atoms with Gasteiger partial charge in [0.25, 0.3) is 5.91 Å². The van der Waals surface area contributed by atoms with E-state index in [1.54, 1.807) is 0 Å². The summed E-state index contributed by atoms with van der Waals surface area (Å²) in [5.41, 5.74) is 1.77. The summed E-state index contributed by atoms with van der Waals surface area (Å²) < 4.78 is 2.08. The van der Waals surface area contributed by atoms with Gasteiger partial charge < -0.3 is 9.88 Å². The highest BCUT2D eigenvalue weighted by Gasteiger charge is 2.23. The van der Waals surface area contributed by atoms with Crippen LogP contribution in [0.3, 0.4) is 0 Å². The van der Waals surface area contributed by atoms with E-state index in [9.17, 15) is 4.79 Å². The highest BCUT2D eigenvalue weighted by Crippen LogP contribution is 2.32. The second-order valence-electron chi connectivity index (χ2n) is 5.37. The summed E-state index contributed by atoms with van der Waals surface area (Å²) in [6, 6.07) is 6.19. The van der Waals surface area contributed by atoms with Crippen molar-refractivity contribution in [3.63, 3.8) is 0 Å². The molecule has 0 saturated heterocycles. The highest BCUT2D eigenvalue weighted by molar-refractivity contribution is 6.02. The van der Waals surface area contributed by atoms with Crippen LogP contribution in [-0.4, -0.2) is 20.7 Å². The molecule has 3 rings (SSSR count). The standard InChI is InChI=1S/C15H20N4O/c1-2-5-11-10-14(18-17-11)16-15(20)13-8-4-9-19(13)12-6-3-7-12/h4,8-10,12H,2-3,5-7H2,1H3,(H2,16,17,18,20). The quantitative estimate of drug-likeness (QED) is 0.878. The zero-order valence-electron chi connectivity index (χ0n) is 11.7. The lowest BCUT2D eigenvalue weighted by Crippen LogP contribution is -2.23. The molecule has 2 heterocycles. The van der Waals surface area contributed by atoms with Gasteiger partial charge in [0.2, 0.25) is 0 Å². The Morgan fingerprint density at radius 1 is 1.55 bits per heavy atom. The third-order valence-corrected chi connectivity index (χ3v) is 3.87. The molecule has 1 fully saturated rings. The Hall–Kier alpha value is -2.04. The Morgan fingerprint density at radius 3 is 3.10 bits per heavy atom. The predicted molar refractivity (Wildman–Crippen MR) is 77.9 cm³/mol. The van der Waals surface area contributed by atoms with E-state index in [1.165, 1.54) is 6.42 Å². The van der Waals surface area contributed by atoms with Crippen LogP contribution >= 0.6 is 0 Å². The first kappa shape index (κ1) is 13.0. The lowest BCUT2D eigenvalue weighted by molar-refractivity contribution is 0.101. The Labute approximate surface area is 118 Å². The van der Waals surface area contributed by atoms with Crippen LogP contribution < -0.4 is 5.32 Å². The molecular formula is C15H20N4O. The monoisotopic (exact) mass is 272 g/mol. The van der Waals surface area contributed by atoms with E-state index in [4.69, 9.17) is 0 Å². The topological polar surface area (TPSA) is 62.7 Å². The van der Waals surface area contributed by atoms with Crippen molar-refractivity contribution in [2.45, 2.75) is 45.1 Å². The molecular weight excluding hydrogens is 252 g/mol. The molecule has 106 valence electrons. The number of H-pyrrole nitrogens is 1. The lowest BCUT2D eigenvalue weighted by atomic mass is 9.93. The molecule has 0 aliphatic heterocycles. The molecule has 0 bridgehead atoms. The maximum Gasteiger partial charge on any atom is 0.273 e. The molecule has 2 N–H and O–H groups in total. The normalized spacial score (nSPS) is 15.1. The van der Waals surface area contributed by atoms with Gasteiger partial charge in [-0.2, -0.15) is 5.10 Å². The second-order valence-corrected chi connectivity index (χ2v) is 5.37. The minimum absolute atomic E-state index is 0.0866. The van der Waals surface area contributed by atoms with Crippen molar-refractivity contribution in [3.05, 3.63) is 35.8 Å². The fourth-order valence-corrected chi connectivity index (χ4v) is 2.57. The number of aromatic nitrogens is 3. The first-order chi connectivity index (χ1) is 9.78. The van der Waals surface area contributed by atoms with Gasteiger partial charge >= 0.3 is 0 Å². The largest absolute Gasteiger partial charge is 0.340 e. The number of carbonyl (C=O) groups is 1. The van der Waals surface area contributed by atoms with E-state index < -0.39 is 0 Å². The third-order valence-electron chi connectivity index (χ3n) is 3.87. The minimum atomic E-state index is -0.0866. The van der Waals surface area contributed by atoms with Gasteiger partial charge in [-0.15, -0.1) is 0 Å². The van der Waals surface area contributed by atoms with Crippen molar-refractivity contribution in [3.8, 4) is 0 Å². The molecule has 1 aliphatic rings. The van der Waals surface area contributed by atoms with Crippen LogP contribution in [0.2, 0.25) is 0 Å². The van der Waals surface area contributed by atoms with Gasteiger partial charge in [0, 0.05) is 24.0 Å². The van der Waals surface area contributed by atoms with Crippen LogP contribution in [-0.2, 0) is 6.42 Å². The summed E-state index contributed by atoms with van der Waals surface area (Å²) in [6.45, 7) is 2.12. The molecule has 1 saturated carbocycles. The molecule has 5 heteroatoms. The van der Waals surface area contributed by atoms with E-state index in [2.05, 4.69) is 27.0 Å². The van der Waals surface area contributed by atoms with Crippen molar-refractivity contribution < 1.29 is 4.79 Å². The van der Waals surface area contributed by atoms with Crippen molar-refractivity contribution in [2.24, 2.45) is 0 Å². The van der Waals surface area contributed by atoms with Crippen molar-refractivity contribution in [1.82, 2.24) is 14.8 Å². The van der Waals surface area contributed by atoms with Crippen LogP contribution in [0.4, 0.5) is 5.82 Å². The number of rotatable bonds is 5. The highest BCUT2D eigenvalue weighted by atomic mass is 16.2. The van der Waals surface area contributed by atoms with E-state index in [-0.39, 0.29) is 5.91 Å². The number of carbonyl (C=O) groups excluding carboxylic acids is 1. The summed E-state index contributed by atoms with van der Waals surface area (Å²) in [7, 11) is 0. The fourth-order valence-electron chi connectivity index (χ4n) is 2.57. The number of nitrogens with one attached hydrogen (secondary N) is 2. The number of hydrogen-bond donors (Lipinski definition) is 2. The van der Waals surface area contributed by atoms with Gasteiger partial charge in [0.15, 0.2) is 5.82 Å². The van der Waals surface area contributed by atoms with Crippen LogP contribution in [0.5, 0.6) is 0 Å². The SMILES string of the molecule is CCCc1cc(NC(=O)c2cccn2C2CCC2)n[nH]1. The molecule has 0 aromatic carbocycles. The van der Waals surface area contributed by atoms with Gasteiger partial charge in [-0.3, -0.25) is 9.89 Å². The van der Waals surface area contributed by atoms with Gasteiger partial charge in [-0.1, -0.05) is 13.3 Å². The van der Waals surface area contributed by atoms with Crippen molar-refractivity contribution in [1.29, 1.82) is 0 Å². The van der Waals surface area contributed by atoms with E-state index in [0.717, 1.165) is 37.1 Å². The molecule has 5 nitrogen and oxygen atoms in total. The lowest BCUT2D eigenvalue weighted by Gasteiger charge is -2.28. The minimum Gasteiger partial charge on any atom is -0.340 e. The molecule has 0 radical (unpaired) electrons. The van der Waals surface area contributed by atoms with E-state index >= 15 is 0 Å². The first-order valence-corrected chi connectivity index (χ1v) is 7.30. The van der Waals surface area contributed by atoms with E-state index in [0.29, 0.717) is 11.9 Å². The number of amides is 1. The van der Waals surface area contributed by atoms with Gasteiger partial charge in [0.1, 0.15) is 5.69 Å². The number of hydrogen-bond acceptors (Lipinski definition) is 2. The smallest absolute Gasteiger partial charge is 0.273 e. The Kier molecular flexibility index (Phi) is 3.58. The summed E-state index contributed by atoms with van der Waals surface area (Å²) in [5, 5.41) is 9.94. The van der Waals surface area contributed by atoms with E-state index in [1.807, 2.05) is 24.4 Å². The molecule has 1 aliphatic carbocycles. The van der Waals surface area contributed by atoms with Gasteiger partial charge in [-0.05, 0) is 37.8 Å². The Morgan fingerprint density at radius 2 is 2.40 bits per heavy atom. The number of anilines is 1. The maximum atomic E-state index is 12.3. The van der Waals surface area contributed by atoms with Crippen LogP contribution in [0.1, 0.15) is 54.8 Å². The van der Waals surface area contributed by atoms with Crippen LogP contribution in [0.25, 0.3) is 0 Å². The second kappa shape index (κ2) is 5.53. The maximum absolute atomic E-state index is 12.3. The Bertz CT molecular complexity index is 595. The summed E-state index contributed by atoms with van der Waals surface area (Å²) in [5.74, 6) is 0.510. The number of nitrogens with zero attached hydrogens (tertiary/aromatic N) is 2. The van der Waals surface area contributed by atoms with Crippen molar-refractivity contribution in [2.75, 3.05) is 5.32 Å². The predicted octanol–water partition coefficient (Wildman–Crippen LogP) is 3.14. The van der Waals surface area contributed by atoms with Gasteiger partial charge in [0.05, 0.1) is 0 Å². The first-order valence-electron chi connectivity index (χ1n) is 7.30. The number of aryl methyl sites for hydroxylation is 1. The average molecular weight is 272 g/mol. The third kappa shape index (κ3) is 2.48. The summed E-state index contributed by atoms with van der Waals surface area (Å²) in [4.78, 5) is 12.3. The van der Waals surface area contributed by atoms with Gasteiger partial charge in [-0.25, -0.2) is 0 Å². The average Bonchev–Trinajstić information content (AvgIpc) is 2.97. The van der Waals surface area contributed by atoms with Crippen LogP contribution in [0.15, 0.2) is 24.4 Å². The zero-order valence-corrected chi connectivity index (χ0v) is 11.7. The summed E-state index contributed by atoms with van der Waals surface area (Å²) >= 11 is 0. The zero-order chi connectivity index (χ0) is 13.9. The Balaban J connectivity index is 1.70. The molecule has 2 aromatic heterocycles. The summed E-state index contributed by atoms with van der Waals surface area (Å²) in [6.07, 6.45) is 7.58. The molecule has 20 heavy (non-hydrogen) atoms. The molecule has 0 spiro atoms. The number of aromatic amines is 1. The molecule has 0 atom stereocenters.